The van der Waals surface area contributed by atoms with E-state index >= 15 is 0 Å². The number of carbonyl (C=O) groups excluding carboxylic acids is 1. The second-order valence-corrected chi connectivity index (χ2v) is 9.67. The Morgan fingerprint density at radius 2 is 1.59 bits per heavy atom. The van der Waals surface area contributed by atoms with Crippen molar-refractivity contribution in [1.29, 1.82) is 0 Å². The molecule has 0 spiro atoms. The molecule has 1 aliphatic rings. The highest BCUT2D eigenvalue weighted by molar-refractivity contribution is 8.27. The van der Waals surface area contributed by atoms with Crippen molar-refractivity contribution < 1.29 is 19.0 Å². The summed E-state index contributed by atoms with van der Waals surface area (Å²) in [5.74, 6) is 1.64. The van der Waals surface area contributed by atoms with Crippen molar-refractivity contribution >= 4 is 46.0 Å². The molecule has 1 aromatic heterocycles. The highest BCUT2D eigenvalue weighted by Gasteiger charge is 2.35. The first kappa shape index (κ1) is 24.6. The molecule has 3 aromatic carbocycles. The number of rotatable bonds is 7. The minimum Gasteiger partial charge on any atom is -0.497 e. The van der Waals surface area contributed by atoms with Gasteiger partial charge in [0.05, 0.1) is 43.3 Å². The summed E-state index contributed by atoms with van der Waals surface area (Å²) < 4.78 is 18.3. The van der Waals surface area contributed by atoms with Gasteiger partial charge in [-0.25, -0.2) is 4.68 Å². The number of thioether (sulfide) groups is 1. The third-order valence-electron chi connectivity index (χ3n) is 5.83. The number of ether oxygens (including phenoxy) is 3. The van der Waals surface area contributed by atoms with E-state index in [1.807, 2.05) is 66.9 Å². The molecule has 1 aliphatic heterocycles. The molecular weight excluding hydrogens is 506 g/mol. The fourth-order valence-corrected chi connectivity index (χ4v) is 5.24. The minimum atomic E-state index is -0.230. The van der Waals surface area contributed by atoms with Crippen LogP contribution in [0.4, 0.5) is 5.69 Å². The quantitative estimate of drug-likeness (QED) is 0.216. The normalized spacial score (nSPS) is 14.4. The molecule has 0 radical (unpaired) electrons. The van der Waals surface area contributed by atoms with Gasteiger partial charge in [-0.1, -0.05) is 42.2 Å². The van der Waals surface area contributed by atoms with Crippen LogP contribution in [0.5, 0.6) is 17.2 Å². The molecule has 1 fully saturated rings. The number of para-hydroxylation sites is 1. The number of nitrogens with zero attached hydrogens (tertiary/aromatic N) is 3. The number of hydrogen-bond donors (Lipinski definition) is 0. The Balaban J connectivity index is 1.56. The summed E-state index contributed by atoms with van der Waals surface area (Å²) in [5, 5.41) is 4.85. The smallest absolute Gasteiger partial charge is 0.270 e. The highest BCUT2D eigenvalue weighted by Crippen LogP contribution is 2.42. The van der Waals surface area contributed by atoms with Crippen molar-refractivity contribution in [2.45, 2.75) is 0 Å². The van der Waals surface area contributed by atoms with Crippen molar-refractivity contribution in [3.8, 4) is 34.2 Å². The first-order chi connectivity index (χ1) is 18.0. The molecule has 0 aliphatic carbocycles. The van der Waals surface area contributed by atoms with Gasteiger partial charge in [0.2, 0.25) is 0 Å². The van der Waals surface area contributed by atoms with Gasteiger partial charge in [-0.05, 0) is 54.6 Å². The van der Waals surface area contributed by atoms with Crippen LogP contribution in [0.25, 0.3) is 23.0 Å². The Kier molecular flexibility index (Phi) is 6.98. The van der Waals surface area contributed by atoms with Crippen LogP contribution in [0, 0.1) is 0 Å². The maximum Gasteiger partial charge on any atom is 0.270 e. The lowest BCUT2D eigenvalue weighted by Gasteiger charge is -2.18. The molecule has 1 saturated heterocycles. The number of carbonyl (C=O) groups is 1. The third-order valence-corrected chi connectivity index (χ3v) is 7.14. The van der Waals surface area contributed by atoms with Gasteiger partial charge >= 0.3 is 0 Å². The summed E-state index contributed by atoms with van der Waals surface area (Å²) in [6.45, 7) is 0. The molecule has 0 bridgehead atoms. The molecule has 0 unspecified atom stereocenters. The largest absolute Gasteiger partial charge is 0.497 e. The maximum absolute atomic E-state index is 13.6. The Morgan fingerprint density at radius 3 is 2.27 bits per heavy atom. The Morgan fingerprint density at radius 1 is 0.892 bits per heavy atom. The number of benzene rings is 3. The maximum atomic E-state index is 13.6. The van der Waals surface area contributed by atoms with E-state index in [0.717, 1.165) is 28.3 Å². The predicted molar refractivity (Wildman–Crippen MR) is 151 cm³/mol. The zero-order valence-corrected chi connectivity index (χ0v) is 22.0. The summed E-state index contributed by atoms with van der Waals surface area (Å²) in [5.41, 5.74) is 3.89. The SMILES string of the molecule is COc1ccc(-c2nn(-c3ccccc3)cc2/C=C2\SC(=S)N(c3ccc(OC)cc3OC)C2=O)cc1. The van der Waals surface area contributed by atoms with Gasteiger partial charge in [-0.2, -0.15) is 5.10 Å². The van der Waals surface area contributed by atoms with Gasteiger partial charge in [0.25, 0.3) is 5.91 Å². The van der Waals surface area contributed by atoms with Crippen LogP contribution in [0.15, 0.2) is 83.9 Å². The van der Waals surface area contributed by atoms with E-state index < -0.39 is 0 Å². The van der Waals surface area contributed by atoms with E-state index in [1.54, 1.807) is 44.2 Å². The van der Waals surface area contributed by atoms with E-state index in [9.17, 15) is 4.79 Å². The van der Waals surface area contributed by atoms with Crippen molar-refractivity contribution in [2.75, 3.05) is 26.2 Å². The Hall–Kier alpha value is -4.08. The monoisotopic (exact) mass is 529 g/mol. The zero-order valence-electron chi connectivity index (χ0n) is 20.4. The summed E-state index contributed by atoms with van der Waals surface area (Å²) >= 11 is 6.84. The molecule has 37 heavy (non-hydrogen) atoms. The van der Waals surface area contributed by atoms with E-state index in [-0.39, 0.29) is 5.91 Å². The molecule has 0 atom stereocenters. The second-order valence-electron chi connectivity index (χ2n) is 8.00. The van der Waals surface area contributed by atoms with Gasteiger partial charge < -0.3 is 14.2 Å². The van der Waals surface area contributed by atoms with Crippen molar-refractivity contribution in [3.05, 3.63) is 89.5 Å². The van der Waals surface area contributed by atoms with Crippen LogP contribution in [-0.4, -0.2) is 41.3 Å². The van der Waals surface area contributed by atoms with Crippen LogP contribution in [-0.2, 0) is 4.79 Å². The molecule has 2 heterocycles. The topological polar surface area (TPSA) is 65.8 Å². The Bertz CT molecular complexity index is 1500. The lowest BCUT2D eigenvalue weighted by Crippen LogP contribution is -2.27. The van der Waals surface area contributed by atoms with Gasteiger partial charge in [0.1, 0.15) is 17.2 Å². The molecule has 9 heteroatoms. The number of amides is 1. The first-order valence-corrected chi connectivity index (χ1v) is 12.5. The zero-order chi connectivity index (χ0) is 25.9. The van der Waals surface area contributed by atoms with Gasteiger partial charge in [-0.15, -0.1) is 0 Å². The molecular formula is C28H23N3O4S2. The van der Waals surface area contributed by atoms with Crippen LogP contribution in [0.2, 0.25) is 0 Å². The average molecular weight is 530 g/mol. The van der Waals surface area contributed by atoms with E-state index in [0.29, 0.717) is 26.4 Å². The highest BCUT2D eigenvalue weighted by atomic mass is 32.2. The average Bonchev–Trinajstić information content (AvgIpc) is 3.49. The fraction of sp³-hybridized carbons (Fsp3) is 0.107. The third kappa shape index (κ3) is 4.83. The van der Waals surface area contributed by atoms with Crippen LogP contribution >= 0.6 is 24.0 Å². The lowest BCUT2D eigenvalue weighted by molar-refractivity contribution is -0.113. The summed E-state index contributed by atoms with van der Waals surface area (Å²) in [4.78, 5) is 15.5. The Labute approximate surface area is 224 Å². The van der Waals surface area contributed by atoms with E-state index in [4.69, 9.17) is 31.5 Å². The molecule has 0 N–H and O–H groups in total. The number of methoxy groups -OCH3 is 3. The van der Waals surface area contributed by atoms with Crippen molar-refractivity contribution in [1.82, 2.24) is 9.78 Å². The van der Waals surface area contributed by atoms with Crippen molar-refractivity contribution in [2.24, 2.45) is 0 Å². The molecule has 186 valence electrons. The lowest BCUT2D eigenvalue weighted by atomic mass is 10.1. The summed E-state index contributed by atoms with van der Waals surface area (Å²) in [6.07, 6.45) is 3.75. The molecule has 7 nitrogen and oxygen atoms in total. The van der Waals surface area contributed by atoms with Crippen LogP contribution in [0.1, 0.15) is 5.56 Å². The second kappa shape index (κ2) is 10.5. The van der Waals surface area contributed by atoms with E-state index in [1.165, 1.54) is 16.7 Å². The summed E-state index contributed by atoms with van der Waals surface area (Å²) in [6, 6.07) is 22.7. The van der Waals surface area contributed by atoms with Gasteiger partial charge in [-0.3, -0.25) is 9.69 Å². The molecule has 5 rings (SSSR count). The molecule has 4 aromatic rings. The first-order valence-electron chi connectivity index (χ1n) is 11.3. The standard InChI is InChI=1S/C28H23N3O4S2/c1-33-21-11-9-18(10-12-21)26-19(17-30(29-26)20-7-5-4-6-8-20)15-25-27(32)31(28(36)37-25)23-14-13-22(34-2)16-24(23)35-3/h4-17H,1-3H3/b25-15-. The molecule has 1 amide bonds. The minimum absolute atomic E-state index is 0.230. The van der Waals surface area contributed by atoms with Crippen LogP contribution in [0.3, 0.4) is 0 Å². The molecule has 0 saturated carbocycles. The van der Waals surface area contributed by atoms with E-state index in [2.05, 4.69) is 0 Å². The number of hydrogen-bond acceptors (Lipinski definition) is 7. The van der Waals surface area contributed by atoms with Gasteiger partial charge in [0, 0.05) is 23.4 Å². The summed E-state index contributed by atoms with van der Waals surface area (Å²) in [7, 11) is 4.75. The number of thiocarbonyl (C=S) groups is 1. The number of aromatic nitrogens is 2. The van der Waals surface area contributed by atoms with Crippen molar-refractivity contribution in [3.63, 3.8) is 0 Å². The van der Waals surface area contributed by atoms with Gasteiger partial charge in [0.15, 0.2) is 4.32 Å². The van der Waals surface area contributed by atoms with Crippen LogP contribution < -0.4 is 19.1 Å². The fourth-order valence-electron chi connectivity index (χ4n) is 3.97. The number of anilines is 1. The predicted octanol–water partition coefficient (Wildman–Crippen LogP) is 5.97.